The molecule has 5 rings (SSSR count). The van der Waals surface area contributed by atoms with Gasteiger partial charge < -0.3 is 19.2 Å². The molecular formula is C27H28N4O3. The fourth-order valence-electron chi connectivity index (χ4n) is 4.77. The Morgan fingerprint density at radius 1 is 1.09 bits per heavy atom. The van der Waals surface area contributed by atoms with Crippen LogP contribution in [0.25, 0.3) is 10.9 Å². The number of amides is 2. The van der Waals surface area contributed by atoms with Crippen LogP contribution in [0.1, 0.15) is 56.6 Å². The number of H-pyrrole nitrogens is 1. The summed E-state index contributed by atoms with van der Waals surface area (Å²) in [7, 11) is 1.77. The number of aromatic amines is 1. The summed E-state index contributed by atoms with van der Waals surface area (Å²) in [6.45, 7) is 3.61. The average Bonchev–Trinajstić information content (AvgIpc) is 3.55. The van der Waals surface area contributed by atoms with Gasteiger partial charge in [0, 0.05) is 43.3 Å². The Balaban J connectivity index is 1.32. The van der Waals surface area contributed by atoms with Crippen LogP contribution in [0.2, 0.25) is 0 Å². The van der Waals surface area contributed by atoms with Crippen molar-refractivity contribution in [2.24, 2.45) is 0 Å². The quantitative estimate of drug-likeness (QED) is 0.470. The predicted molar refractivity (Wildman–Crippen MR) is 130 cm³/mol. The number of rotatable bonds is 5. The number of fused-ring (bicyclic) bond motifs is 1. The van der Waals surface area contributed by atoms with Gasteiger partial charge in [0.05, 0.1) is 35.1 Å². The number of pyridine rings is 1. The van der Waals surface area contributed by atoms with Crippen LogP contribution in [0.15, 0.2) is 65.4 Å². The highest BCUT2D eigenvalue weighted by atomic mass is 16.3. The van der Waals surface area contributed by atoms with Gasteiger partial charge in [-0.05, 0) is 56.2 Å². The molecule has 1 saturated heterocycles. The van der Waals surface area contributed by atoms with Gasteiger partial charge in [-0.2, -0.15) is 0 Å². The zero-order chi connectivity index (χ0) is 23.7. The summed E-state index contributed by atoms with van der Waals surface area (Å²) in [6, 6.07) is 15.2. The molecule has 3 aromatic heterocycles. The molecule has 0 atom stereocenters. The second-order valence-electron chi connectivity index (χ2n) is 8.94. The minimum atomic E-state index is -0.0733. The molecule has 1 N–H and O–H groups in total. The molecule has 0 spiro atoms. The fraction of sp³-hybridized carbons (Fsp3) is 0.296. The molecule has 0 aliphatic carbocycles. The SMILES string of the molecule is Cc1ccc(C(=O)N(C)Cc2ccco2)c(C2CCN(C(=O)c3cccc4cc[nH]c34)CC2)n1. The van der Waals surface area contributed by atoms with Crippen molar-refractivity contribution in [3.8, 4) is 0 Å². The van der Waals surface area contributed by atoms with Gasteiger partial charge in [-0.3, -0.25) is 14.6 Å². The van der Waals surface area contributed by atoms with E-state index in [1.54, 1.807) is 18.2 Å². The summed E-state index contributed by atoms with van der Waals surface area (Å²) in [4.78, 5) is 38.1. The zero-order valence-corrected chi connectivity index (χ0v) is 19.5. The van der Waals surface area contributed by atoms with E-state index in [0.29, 0.717) is 30.8 Å². The molecule has 2 amide bonds. The molecule has 7 nitrogen and oxygen atoms in total. The number of nitrogens with zero attached hydrogens (tertiary/aromatic N) is 3. The van der Waals surface area contributed by atoms with Crippen molar-refractivity contribution >= 4 is 22.7 Å². The summed E-state index contributed by atoms with van der Waals surface area (Å²) >= 11 is 0. The number of piperidine rings is 1. The molecule has 1 aliphatic rings. The Bertz CT molecular complexity index is 1320. The smallest absolute Gasteiger partial charge is 0.255 e. The third-order valence-corrected chi connectivity index (χ3v) is 6.60. The number of furan rings is 1. The number of nitrogens with one attached hydrogen (secondary N) is 1. The van der Waals surface area contributed by atoms with E-state index in [2.05, 4.69) is 4.98 Å². The van der Waals surface area contributed by atoms with Crippen molar-refractivity contribution in [3.05, 3.63) is 89.3 Å². The maximum atomic E-state index is 13.3. The average molecular weight is 457 g/mol. The van der Waals surface area contributed by atoms with Gasteiger partial charge in [0.1, 0.15) is 5.76 Å². The third kappa shape index (κ3) is 4.21. The van der Waals surface area contributed by atoms with Crippen molar-refractivity contribution < 1.29 is 14.0 Å². The number of aryl methyl sites for hydroxylation is 1. The summed E-state index contributed by atoms with van der Waals surface area (Å²) in [6.07, 6.45) is 5.01. The van der Waals surface area contributed by atoms with E-state index < -0.39 is 0 Å². The minimum Gasteiger partial charge on any atom is -0.467 e. The Morgan fingerprint density at radius 2 is 1.91 bits per heavy atom. The van der Waals surface area contributed by atoms with Gasteiger partial charge in [-0.15, -0.1) is 0 Å². The Kier molecular flexibility index (Phi) is 5.92. The number of hydrogen-bond donors (Lipinski definition) is 1. The number of benzene rings is 1. The normalized spacial score (nSPS) is 14.5. The topological polar surface area (TPSA) is 82.4 Å². The maximum Gasteiger partial charge on any atom is 0.255 e. The molecule has 0 bridgehead atoms. The zero-order valence-electron chi connectivity index (χ0n) is 19.5. The molecule has 1 aromatic carbocycles. The first kappa shape index (κ1) is 21.9. The summed E-state index contributed by atoms with van der Waals surface area (Å²) < 4.78 is 5.40. The number of para-hydroxylation sites is 1. The molecule has 0 unspecified atom stereocenters. The Labute approximate surface area is 198 Å². The first-order valence-corrected chi connectivity index (χ1v) is 11.6. The molecule has 4 heterocycles. The predicted octanol–water partition coefficient (Wildman–Crippen LogP) is 4.76. The van der Waals surface area contributed by atoms with Crippen LogP contribution in [-0.2, 0) is 6.54 Å². The lowest BCUT2D eigenvalue weighted by Crippen LogP contribution is -2.38. The van der Waals surface area contributed by atoms with Gasteiger partial charge in [0.2, 0.25) is 0 Å². The molecular weight excluding hydrogens is 428 g/mol. The van der Waals surface area contributed by atoms with Crippen LogP contribution in [0.4, 0.5) is 0 Å². The molecule has 34 heavy (non-hydrogen) atoms. The lowest BCUT2D eigenvalue weighted by atomic mass is 9.89. The van der Waals surface area contributed by atoms with Crippen LogP contribution in [0.5, 0.6) is 0 Å². The molecule has 1 fully saturated rings. The third-order valence-electron chi connectivity index (χ3n) is 6.60. The standard InChI is InChI=1S/C27H28N4O3/c1-18-8-9-23(26(32)30(2)17-21-6-4-16-34-21)25(29-18)20-11-14-31(15-12-20)27(33)22-7-3-5-19-10-13-28-24(19)22/h3-10,13,16,20,28H,11-12,14-15,17H2,1-2H3. The Morgan fingerprint density at radius 3 is 2.68 bits per heavy atom. The van der Waals surface area contributed by atoms with E-state index in [-0.39, 0.29) is 17.7 Å². The van der Waals surface area contributed by atoms with Crippen molar-refractivity contribution in [1.82, 2.24) is 19.8 Å². The summed E-state index contributed by atoms with van der Waals surface area (Å²) in [5.74, 6) is 0.830. The largest absolute Gasteiger partial charge is 0.467 e. The van der Waals surface area contributed by atoms with E-state index in [1.165, 1.54) is 0 Å². The van der Waals surface area contributed by atoms with E-state index in [1.807, 2.05) is 66.6 Å². The van der Waals surface area contributed by atoms with E-state index in [4.69, 9.17) is 9.40 Å². The first-order chi connectivity index (χ1) is 16.5. The number of hydrogen-bond acceptors (Lipinski definition) is 4. The van der Waals surface area contributed by atoms with Crippen LogP contribution in [0, 0.1) is 6.92 Å². The lowest BCUT2D eigenvalue weighted by molar-refractivity contribution is 0.0707. The van der Waals surface area contributed by atoms with Gasteiger partial charge in [0.15, 0.2) is 0 Å². The van der Waals surface area contributed by atoms with E-state index >= 15 is 0 Å². The number of likely N-dealkylation sites (tertiary alicyclic amines) is 1. The minimum absolute atomic E-state index is 0.0400. The van der Waals surface area contributed by atoms with Gasteiger partial charge in [-0.25, -0.2) is 0 Å². The highest BCUT2D eigenvalue weighted by Gasteiger charge is 2.30. The number of aromatic nitrogens is 2. The van der Waals surface area contributed by atoms with Crippen molar-refractivity contribution in [1.29, 1.82) is 0 Å². The van der Waals surface area contributed by atoms with Gasteiger partial charge in [0.25, 0.3) is 11.8 Å². The summed E-state index contributed by atoms with van der Waals surface area (Å²) in [5, 5.41) is 1.03. The first-order valence-electron chi connectivity index (χ1n) is 11.6. The highest BCUT2D eigenvalue weighted by molar-refractivity contribution is 6.05. The molecule has 7 heteroatoms. The van der Waals surface area contributed by atoms with E-state index in [9.17, 15) is 9.59 Å². The highest BCUT2D eigenvalue weighted by Crippen LogP contribution is 2.31. The van der Waals surface area contributed by atoms with E-state index in [0.717, 1.165) is 40.9 Å². The molecule has 4 aromatic rings. The van der Waals surface area contributed by atoms with Crippen LogP contribution in [-0.4, -0.2) is 51.7 Å². The summed E-state index contributed by atoms with van der Waals surface area (Å²) in [5.41, 5.74) is 3.92. The molecule has 0 radical (unpaired) electrons. The maximum absolute atomic E-state index is 13.3. The monoisotopic (exact) mass is 456 g/mol. The van der Waals surface area contributed by atoms with Crippen LogP contribution >= 0.6 is 0 Å². The molecule has 174 valence electrons. The van der Waals surface area contributed by atoms with Gasteiger partial charge in [-0.1, -0.05) is 12.1 Å². The number of carbonyl (C=O) groups is 2. The molecule has 1 aliphatic heterocycles. The van der Waals surface area contributed by atoms with Crippen molar-refractivity contribution in [2.75, 3.05) is 20.1 Å². The Hall–Kier alpha value is -3.87. The second kappa shape index (κ2) is 9.17. The lowest BCUT2D eigenvalue weighted by Gasteiger charge is -2.33. The number of carbonyl (C=O) groups excluding carboxylic acids is 2. The van der Waals surface area contributed by atoms with Crippen molar-refractivity contribution in [3.63, 3.8) is 0 Å². The van der Waals surface area contributed by atoms with Crippen LogP contribution < -0.4 is 0 Å². The van der Waals surface area contributed by atoms with Crippen LogP contribution in [0.3, 0.4) is 0 Å². The molecule has 0 saturated carbocycles. The fourth-order valence-corrected chi connectivity index (χ4v) is 4.77. The second-order valence-corrected chi connectivity index (χ2v) is 8.94. The van der Waals surface area contributed by atoms with Crippen molar-refractivity contribution in [2.45, 2.75) is 32.2 Å². The van der Waals surface area contributed by atoms with Gasteiger partial charge >= 0.3 is 0 Å².